The minimum atomic E-state index is -0.788. The number of anilines is 1. The number of aryl methyl sites for hydroxylation is 2. The lowest BCUT2D eigenvalue weighted by atomic mass is 10.1. The smallest absolute Gasteiger partial charge is 0.259 e. The van der Waals surface area contributed by atoms with E-state index in [1.807, 2.05) is 17.6 Å². The number of nitrogens with zero attached hydrogens (tertiary/aromatic N) is 5. The fourth-order valence-corrected chi connectivity index (χ4v) is 3.18. The Kier molecular flexibility index (Phi) is 5.09. The van der Waals surface area contributed by atoms with E-state index >= 15 is 0 Å². The standard InChI is InChI=1S/C21H18F2N6O/c1-3-29-12-24-26-20(29)13-5-4-6-15(9-13)25-21(30)17-11-28(2)27-19(17)16-8-7-14(22)10-18(16)23/h4-12H,3H2,1-2H3,(H,25,30). The number of carbonyl (C=O) groups is 1. The van der Waals surface area contributed by atoms with E-state index in [9.17, 15) is 13.6 Å². The number of carbonyl (C=O) groups excluding carboxylic acids is 1. The van der Waals surface area contributed by atoms with Crippen LogP contribution in [0.5, 0.6) is 0 Å². The molecule has 0 bridgehead atoms. The number of nitrogens with one attached hydrogen (secondary N) is 1. The van der Waals surface area contributed by atoms with E-state index in [2.05, 4.69) is 20.6 Å². The summed E-state index contributed by atoms with van der Waals surface area (Å²) in [6.07, 6.45) is 3.13. The molecule has 0 aliphatic carbocycles. The summed E-state index contributed by atoms with van der Waals surface area (Å²) in [5, 5.41) is 15.0. The van der Waals surface area contributed by atoms with Crippen LogP contribution in [-0.4, -0.2) is 30.5 Å². The molecule has 0 saturated heterocycles. The highest BCUT2D eigenvalue weighted by molar-refractivity contribution is 6.08. The minimum Gasteiger partial charge on any atom is -0.322 e. The number of amides is 1. The Bertz CT molecular complexity index is 1230. The first-order chi connectivity index (χ1) is 14.5. The zero-order valence-electron chi connectivity index (χ0n) is 16.3. The van der Waals surface area contributed by atoms with Crippen LogP contribution in [0.25, 0.3) is 22.6 Å². The van der Waals surface area contributed by atoms with Crippen molar-refractivity contribution >= 4 is 11.6 Å². The van der Waals surface area contributed by atoms with Crippen LogP contribution in [-0.2, 0) is 13.6 Å². The zero-order chi connectivity index (χ0) is 21.3. The van der Waals surface area contributed by atoms with Crippen molar-refractivity contribution in [2.75, 3.05) is 5.32 Å². The van der Waals surface area contributed by atoms with E-state index in [1.165, 1.54) is 16.9 Å². The average Bonchev–Trinajstić information content (AvgIpc) is 3.34. The molecular formula is C21H18F2N6O. The van der Waals surface area contributed by atoms with Crippen molar-refractivity contribution < 1.29 is 13.6 Å². The predicted molar refractivity (Wildman–Crippen MR) is 108 cm³/mol. The predicted octanol–water partition coefficient (Wildman–Crippen LogP) is 3.90. The van der Waals surface area contributed by atoms with E-state index in [0.717, 1.165) is 17.7 Å². The van der Waals surface area contributed by atoms with Gasteiger partial charge >= 0.3 is 0 Å². The third-order valence-corrected chi connectivity index (χ3v) is 4.59. The molecule has 4 aromatic rings. The number of benzene rings is 2. The molecule has 9 heteroatoms. The molecular weight excluding hydrogens is 390 g/mol. The van der Waals surface area contributed by atoms with Gasteiger partial charge in [0.15, 0.2) is 5.82 Å². The Balaban J connectivity index is 1.65. The average molecular weight is 408 g/mol. The molecule has 0 aliphatic rings. The molecule has 0 saturated carbocycles. The van der Waals surface area contributed by atoms with Gasteiger partial charge in [0.25, 0.3) is 5.91 Å². The number of rotatable bonds is 5. The van der Waals surface area contributed by atoms with Gasteiger partial charge in [0.1, 0.15) is 23.7 Å². The summed E-state index contributed by atoms with van der Waals surface area (Å²) < 4.78 is 30.8. The highest BCUT2D eigenvalue weighted by Crippen LogP contribution is 2.27. The summed E-state index contributed by atoms with van der Waals surface area (Å²) in [4.78, 5) is 12.9. The highest BCUT2D eigenvalue weighted by atomic mass is 19.1. The molecule has 0 radical (unpaired) electrons. The molecule has 2 heterocycles. The van der Waals surface area contributed by atoms with Gasteiger partial charge in [-0.2, -0.15) is 5.10 Å². The van der Waals surface area contributed by atoms with Crippen molar-refractivity contribution in [1.82, 2.24) is 24.5 Å². The monoisotopic (exact) mass is 408 g/mol. The lowest BCUT2D eigenvalue weighted by molar-refractivity contribution is 0.102. The van der Waals surface area contributed by atoms with Crippen molar-refractivity contribution in [3.63, 3.8) is 0 Å². The lowest BCUT2D eigenvalue weighted by Crippen LogP contribution is -2.12. The Morgan fingerprint density at radius 2 is 2.00 bits per heavy atom. The SMILES string of the molecule is CCn1cnnc1-c1cccc(NC(=O)c2cn(C)nc2-c2ccc(F)cc2F)c1. The number of hydrogen-bond donors (Lipinski definition) is 1. The first-order valence-electron chi connectivity index (χ1n) is 9.25. The molecule has 152 valence electrons. The Labute approximate surface area is 171 Å². The van der Waals surface area contributed by atoms with Gasteiger partial charge in [-0.25, -0.2) is 8.78 Å². The quantitative estimate of drug-likeness (QED) is 0.543. The normalized spacial score (nSPS) is 10.9. The summed E-state index contributed by atoms with van der Waals surface area (Å²) in [5.41, 5.74) is 1.69. The van der Waals surface area contributed by atoms with Crippen molar-refractivity contribution in [3.8, 4) is 22.6 Å². The van der Waals surface area contributed by atoms with E-state index in [0.29, 0.717) is 18.1 Å². The van der Waals surface area contributed by atoms with Crippen LogP contribution < -0.4 is 5.32 Å². The first-order valence-corrected chi connectivity index (χ1v) is 9.25. The summed E-state index contributed by atoms with van der Waals surface area (Å²) >= 11 is 0. The lowest BCUT2D eigenvalue weighted by Gasteiger charge is -2.08. The van der Waals surface area contributed by atoms with E-state index in [1.54, 1.807) is 31.6 Å². The molecule has 2 aromatic heterocycles. The van der Waals surface area contributed by atoms with Gasteiger partial charge in [-0.1, -0.05) is 12.1 Å². The molecule has 1 amide bonds. The summed E-state index contributed by atoms with van der Waals surface area (Å²) in [7, 11) is 1.62. The number of hydrogen-bond acceptors (Lipinski definition) is 4. The van der Waals surface area contributed by atoms with Crippen molar-refractivity contribution in [3.05, 3.63) is 72.2 Å². The molecule has 4 rings (SSSR count). The topological polar surface area (TPSA) is 77.6 Å². The van der Waals surface area contributed by atoms with E-state index in [-0.39, 0.29) is 16.8 Å². The maximum Gasteiger partial charge on any atom is 0.259 e. The molecule has 1 N–H and O–H groups in total. The largest absolute Gasteiger partial charge is 0.322 e. The second kappa shape index (κ2) is 7.86. The maximum absolute atomic E-state index is 14.3. The molecule has 7 nitrogen and oxygen atoms in total. The van der Waals surface area contributed by atoms with Crippen LogP contribution in [0.3, 0.4) is 0 Å². The molecule has 0 spiro atoms. The Hall–Kier alpha value is -3.88. The third-order valence-electron chi connectivity index (χ3n) is 4.59. The summed E-state index contributed by atoms with van der Waals surface area (Å²) in [6.45, 7) is 2.69. The zero-order valence-corrected chi connectivity index (χ0v) is 16.3. The Morgan fingerprint density at radius 1 is 1.17 bits per heavy atom. The van der Waals surface area contributed by atoms with Gasteiger partial charge in [-0.3, -0.25) is 9.48 Å². The van der Waals surface area contributed by atoms with Gasteiger partial charge in [0, 0.05) is 42.7 Å². The number of halogens is 2. The fourth-order valence-electron chi connectivity index (χ4n) is 3.18. The summed E-state index contributed by atoms with van der Waals surface area (Å²) in [6, 6.07) is 10.3. The van der Waals surface area contributed by atoms with Gasteiger partial charge in [0.2, 0.25) is 0 Å². The molecule has 30 heavy (non-hydrogen) atoms. The van der Waals surface area contributed by atoms with E-state index < -0.39 is 17.5 Å². The molecule has 2 aromatic carbocycles. The van der Waals surface area contributed by atoms with Crippen LogP contribution in [0.2, 0.25) is 0 Å². The van der Waals surface area contributed by atoms with Crippen LogP contribution >= 0.6 is 0 Å². The molecule has 0 atom stereocenters. The van der Waals surface area contributed by atoms with Crippen molar-refractivity contribution in [2.24, 2.45) is 7.05 Å². The second-order valence-electron chi connectivity index (χ2n) is 6.66. The van der Waals surface area contributed by atoms with Crippen LogP contribution in [0, 0.1) is 11.6 Å². The van der Waals surface area contributed by atoms with Gasteiger partial charge in [0.05, 0.1) is 5.56 Å². The molecule has 0 unspecified atom stereocenters. The first kappa shape index (κ1) is 19.4. The van der Waals surface area contributed by atoms with Gasteiger partial charge in [-0.05, 0) is 31.2 Å². The molecule has 0 aliphatic heterocycles. The Morgan fingerprint density at radius 3 is 2.77 bits per heavy atom. The fraction of sp³-hybridized carbons (Fsp3) is 0.143. The van der Waals surface area contributed by atoms with Crippen LogP contribution in [0.4, 0.5) is 14.5 Å². The van der Waals surface area contributed by atoms with Crippen molar-refractivity contribution in [2.45, 2.75) is 13.5 Å². The second-order valence-corrected chi connectivity index (χ2v) is 6.66. The highest BCUT2D eigenvalue weighted by Gasteiger charge is 2.20. The minimum absolute atomic E-state index is 0.0481. The molecule has 0 fully saturated rings. The van der Waals surface area contributed by atoms with E-state index in [4.69, 9.17) is 0 Å². The van der Waals surface area contributed by atoms with Crippen molar-refractivity contribution in [1.29, 1.82) is 0 Å². The maximum atomic E-state index is 14.3. The third kappa shape index (κ3) is 3.69. The van der Waals surface area contributed by atoms with Gasteiger partial charge < -0.3 is 9.88 Å². The van der Waals surface area contributed by atoms with Crippen LogP contribution in [0.1, 0.15) is 17.3 Å². The summed E-state index contributed by atoms with van der Waals surface area (Å²) in [5.74, 6) is -1.27. The van der Waals surface area contributed by atoms with Crippen LogP contribution in [0.15, 0.2) is 55.0 Å². The number of aromatic nitrogens is 5. The van der Waals surface area contributed by atoms with Gasteiger partial charge in [-0.15, -0.1) is 10.2 Å².